The lowest BCUT2D eigenvalue weighted by Crippen LogP contribution is -2.25. The van der Waals surface area contributed by atoms with Crippen molar-refractivity contribution in [3.05, 3.63) is 106 Å². The maximum absolute atomic E-state index is 15.3. The highest BCUT2D eigenvalue weighted by atomic mass is 19.4. The summed E-state index contributed by atoms with van der Waals surface area (Å²) >= 11 is 0. The van der Waals surface area contributed by atoms with Crippen LogP contribution in [0.2, 0.25) is 0 Å². The number of aromatic nitrogens is 2. The predicted molar refractivity (Wildman–Crippen MR) is 150 cm³/mol. The number of benzene rings is 3. The number of nitrogens with one attached hydrogen (secondary N) is 2. The van der Waals surface area contributed by atoms with Gasteiger partial charge >= 0.3 is 6.18 Å². The summed E-state index contributed by atoms with van der Waals surface area (Å²) in [4.78, 5) is 12.5. The highest BCUT2D eigenvalue weighted by Gasteiger charge is 2.34. The predicted octanol–water partition coefficient (Wildman–Crippen LogP) is 6.08. The van der Waals surface area contributed by atoms with Crippen LogP contribution in [0, 0.1) is 23.1 Å². The van der Waals surface area contributed by atoms with E-state index in [0.717, 1.165) is 24.0 Å². The van der Waals surface area contributed by atoms with Crippen molar-refractivity contribution in [3.63, 3.8) is 0 Å². The molecule has 42 heavy (non-hydrogen) atoms. The lowest BCUT2D eigenvalue weighted by atomic mass is 9.83. The van der Waals surface area contributed by atoms with Gasteiger partial charge in [-0.25, -0.2) is 4.39 Å². The first-order valence-electron chi connectivity index (χ1n) is 13.4. The number of aromatic amines is 1. The van der Waals surface area contributed by atoms with Crippen LogP contribution >= 0.6 is 0 Å². The second-order valence-corrected chi connectivity index (χ2v) is 10.5. The molecule has 6 N–H and O–H groups in total. The normalized spacial score (nSPS) is 14.7. The summed E-state index contributed by atoms with van der Waals surface area (Å²) in [5, 5.41) is 17.0. The number of anilines is 1. The van der Waals surface area contributed by atoms with Gasteiger partial charge in [0.15, 0.2) is 5.69 Å². The van der Waals surface area contributed by atoms with Gasteiger partial charge in [0.05, 0.1) is 11.6 Å². The first-order chi connectivity index (χ1) is 20.1. The molecule has 1 heterocycles. The fourth-order valence-electron chi connectivity index (χ4n) is 5.09. The SMILES string of the molecule is N#Cc1ccc(C(CC(N)C2CC2)c2ccc(F)c(-c3ccc(NC(=O)c4cc(C(F)(F)F)[nH]n4)cc3CN)c2)cc1. The number of nitrogens with two attached hydrogens (primary N) is 2. The van der Waals surface area contributed by atoms with Gasteiger partial charge in [0.1, 0.15) is 11.5 Å². The van der Waals surface area contributed by atoms with Crippen molar-refractivity contribution in [3.8, 4) is 17.2 Å². The Balaban J connectivity index is 1.45. The van der Waals surface area contributed by atoms with Crippen molar-refractivity contribution in [1.29, 1.82) is 5.26 Å². The quantitative estimate of drug-likeness (QED) is 0.179. The van der Waals surface area contributed by atoms with Crippen LogP contribution in [0.5, 0.6) is 0 Å². The van der Waals surface area contributed by atoms with E-state index in [1.54, 1.807) is 41.5 Å². The van der Waals surface area contributed by atoms with Crippen molar-refractivity contribution in [2.45, 2.75) is 43.9 Å². The van der Waals surface area contributed by atoms with Gasteiger partial charge in [-0.2, -0.15) is 23.5 Å². The summed E-state index contributed by atoms with van der Waals surface area (Å²) in [5.41, 5.74) is 14.9. The van der Waals surface area contributed by atoms with Crippen LogP contribution in [0.25, 0.3) is 11.1 Å². The van der Waals surface area contributed by atoms with Crippen LogP contribution in [-0.4, -0.2) is 22.1 Å². The second-order valence-electron chi connectivity index (χ2n) is 10.5. The molecule has 216 valence electrons. The fourth-order valence-corrected chi connectivity index (χ4v) is 5.09. The van der Waals surface area contributed by atoms with E-state index in [0.29, 0.717) is 40.7 Å². The Kier molecular flexibility index (Phi) is 8.11. The Bertz CT molecular complexity index is 1640. The molecular formula is C31H28F4N6O. The number of H-pyrrole nitrogens is 1. The Labute approximate surface area is 239 Å². The standard InChI is InChI=1S/C31H28F4N6O/c32-26-10-7-20(24(13-27(38)19-5-6-19)18-3-1-17(15-36)2-4-18)12-25(26)23-9-8-22(11-21(23)16-37)39-30(42)28-14-29(41-40-28)31(33,34)35/h1-4,7-12,14,19,24,27H,5-6,13,16,37-38H2,(H,39,42)(H,40,41). The first kappa shape index (κ1) is 29.0. The van der Waals surface area contributed by atoms with Gasteiger partial charge in [-0.1, -0.05) is 24.3 Å². The molecule has 5 rings (SSSR count). The number of rotatable bonds is 9. The number of alkyl halides is 3. The molecule has 0 saturated heterocycles. The third kappa shape index (κ3) is 6.35. The molecule has 2 atom stereocenters. The molecule has 7 nitrogen and oxygen atoms in total. The molecule has 0 bridgehead atoms. The Morgan fingerprint density at radius 1 is 1.05 bits per heavy atom. The van der Waals surface area contributed by atoms with Crippen molar-refractivity contribution in [1.82, 2.24) is 10.2 Å². The van der Waals surface area contributed by atoms with E-state index in [9.17, 15) is 23.2 Å². The summed E-state index contributed by atoms with van der Waals surface area (Å²) in [6.45, 7) is 0.00887. The number of halogens is 4. The smallest absolute Gasteiger partial charge is 0.327 e. The zero-order chi connectivity index (χ0) is 30.0. The number of hydrogen-bond acceptors (Lipinski definition) is 5. The molecule has 1 saturated carbocycles. The third-order valence-electron chi connectivity index (χ3n) is 7.56. The van der Waals surface area contributed by atoms with Gasteiger partial charge in [-0.05, 0) is 83.8 Å². The lowest BCUT2D eigenvalue weighted by Gasteiger charge is -2.23. The third-order valence-corrected chi connectivity index (χ3v) is 7.56. The zero-order valence-corrected chi connectivity index (χ0v) is 22.4. The van der Waals surface area contributed by atoms with E-state index in [4.69, 9.17) is 11.5 Å². The highest BCUT2D eigenvalue weighted by molar-refractivity contribution is 6.03. The Morgan fingerprint density at radius 2 is 1.76 bits per heavy atom. The van der Waals surface area contributed by atoms with E-state index in [1.807, 2.05) is 12.1 Å². The van der Waals surface area contributed by atoms with E-state index in [2.05, 4.69) is 16.5 Å². The Morgan fingerprint density at radius 3 is 2.38 bits per heavy atom. The first-order valence-corrected chi connectivity index (χ1v) is 13.4. The molecule has 3 aromatic carbocycles. The topological polar surface area (TPSA) is 134 Å². The van der Waals surface area contributed by atoms with Gasteiger partial charge in [-0.15, -0.1) is 0 Å². The summed E-state index contributed by atoms with van der Waals surface area (Å²) in [6.07, 6.45) is -1.84. The molecule has 1 amide bonds. The molecule has 1 aromatic heterocycles. The molecular weight excluding hydrogens is 548 g/mol. The summed E-state index contributed by atoms with van der Waals surface area (Å²) < 4.78 is 53.9. The van der Waals surface area contributed by atoms with Gasteiger partial charge in [-0.3, -0.25) is 9.89 Å². The molecule has 1 aliphatic rings. The summed E-state index contributed by atoms with van der Waals surface area (Å²) in [5.74, 6) is -0.989. The zero-order valence-electron chi connectivity index (χ0n) is 22.4. The average Bonchev–Trinajstić information content (AvgIpc) is 3.71. The molecule has 0 radical (unpaired) electrons. The van der Waals surface area contributed by atoms with Crippen LogP contribution in [0.4, 0.5) is 23.2 Å². The molecule has 1 aliphatic carbocycles. The van der Waals surface area contributed by atoms with Crippen molar-refractivity contribution < 1.29 is 22.4 Å². The minimum atomic E-state index is -4.67. The minimum Gasteiger partial charge on any atom is -0.327 e. The number of nitriles is 1. The number of carbonyl (C=O) groups is 1. The van der Waals surface area contributed by atoms with Crippen molar-refractivity contribution >= 4 is 11.6 Å². The van der Waals surface area contributed by atoms with E-state index in [1.165, 1.54) is 12.1 Å². The van der Waals surface area contributed by atoms with Crippen LogP contribution in [0.3, 0.4) is 0 Å². The van der Waals surface area contributed by atoms with E-state index >= 15 is 4.39 Å². The maximum atomic E-state index is 15.3. The van der Waals surface area contributed by atoms with Gasteiger partial charge in [0.2, 0.25) is 0 Å². The second kappa shape index (κ2) is 11.8. The van der Waals surface area contributed by atoms with Crippen molar-refractivity contribution in [2.24, 2.45) is 17.4 Å². The molecule has 0 spiro atoms. The molecule has 1 fully saturated rings. The van der Waals surface area contributed by atoms with Gasteiger partial charge in [0.25, 0.3) is 5.91 Å². The fraction of sp³-hybridized carbons (Fsp3) is 0.258. The minimum absolute atomic E-state index is 0.00887. The summed E-state index contributed by atoms with van der Waals surface area (Å²) in [7, 11) is 0. The number of hydrogen-bond donors (Lipinski definition) is 4. The molecule has 4 aromatic rings. The van der Waals surface area contributed by atoms with Crippen LogP contribution in [0.15, 0.2) is 66.7 Å². The number of carbonyl (C=O) groups excluding carboxylic acids is 1. The largest absolute Gasteiger partial charge is 0.432 e. The number of nitrogens with zero attached hydrogens (tertiary/aromatic N) is 2. The monoisotopic (exact) mass is 576 g/mol. The van der Waals surface area contributed by atoms with Crippen LogP contribution < -0.4 is 16.8 Å². The molecule has 0 aliphatic heterocycles. The van der Waals surface area contributed by atoms with Crippen molar-refractivity contribution in [2.75, 3.05) is 5.32 Å². The lowest BCUT2D eigenvalue weighted by molar-refractivity contribution is -0.141. The van der Waals surface area contributed by atoms with Crippen LogP contribution in [0.1, 0.15) is 63.6 Å². The highest BCUT2D eigenvalue weighted by Crippen LogP contribution is 2.40. The van der Waals surface area contributed by atoms with E-state index in [-0.39, 0.29) is 24.2 Å². The molecule has 2 unspecified atom stereocenters. The molecule has 11 heteroatoms. The average molecular weight is 577 g/mol. The maximum Gasteiger partial charge on any atom is 0.432 e. The Hall–Kier alpha value is -4.53. The van der Waals surface area contributed by atoms with Gasteiger partial charge in [0, 0.05) is 35.8 Å². The van der Waals surface area contributed by atoms with Crippen LogP contribution in [-0.2, 0) is 12.7 Å². The number of amides is 1. The summed E-state index contributed by atoms with van der Waals surface area (Å²) in [6, 6.07) is 19.6. The van der Waals surface area contributed by atoms with Gasteiger partial charge < -0.3 is 16.8 Å². The van der Waals surface area contributed by atoms with E-state index < -0.39 is 29.3 Å².